The van der Waals surface area contributed by atoms with Crippen LogP contribution >= 0.6 is 0 Å². The molecule has 0 aliphatic heterocycles. The van der Waals surface area contributed by atoms with E-state index in [0.717, 1.165) is 24.9 Å². The largest absolute Gasteiger partial charge is 0.364 e. The fourth-order valence-electron chi connectivity index (χ4n) is 4.70. The molecule has 1 aromatic rings. The lowest BCUT2D eigenvalue weighted by Gasteiger charge is -2.48. The van der Waals surface area contributed by atoms with Gasteiger partial charge in [-0.1, -0.05) is 18.2 Å². The summed E-state index contributed by atoms with van der Waals surface area (Å²) >= 11 is 0. The van der Waals surface area contributed by atoms with Crippen molar-refractivity contribution in [1.29, 1.82) is 0 Å². The maximum atomic E-state index is 6.28. The van der Waals surface area contributed by atoms with Crippen LogP contribution in [-0.4, -0.2) is 18.6 Å². The molecule has 1 aromatic carbocycles. The number of fused-ring (bicyclic) bond motifs is 2. The lowest BCUT2D eigenvalue weighted by molar-refractivity contribution is 0.259. The molecule has 2 heteroatoms. The molecule has 3 atom stereocenters. The second-order valence-corrected chi connectivity index (χ2v) is 6.42. The Hall–Kier alpha value is -1.02. The maximum absolute atomic E-state index is 6.28. The minimum Gasteiger partial charge on any atom is -0.364 e. The van der Waals surface area contributed by atoms with Crippen molar-refractivity contribution in [3.8, 4) is 0 Å². The van der Waals surface area contributed by atoms with E-state index >= 15 is 0 Å². The number of nitrogens with two attached hydrogens (primary N) is 1. The van der Waals surface area contributed by atoms with E-state index in [1.807, 2.05) is 0 Å². The summed E-state index contributed by atoms with van der Waals surface area (Å²) < 4.78 is 0. The van der Waals surface area contributed by atoms with Crippen LogP contribution in [0.3, 0.4) is 0 Å². The summed E-state index contributed by atoms with van der Waals surface area (Å²) in [5.74, 6) is 1.73. The van der Waals surface area contributed by atoms with Gasteiger partial charge in [0.25, 0.3) is 0 Å². The van der Waals surface area contributed by atoms with E-state index in [9.17, 15) is 0 Å². The fraction of sp³-hybridized carbons (Fsp3) is 0.647. The number of hydrogen-bond acceptors (Lipinski definition) is 2. The van der Waals surface area contributed by atoms with E-state index in [-0.39, 0.29) is 5.54 Å². The normalized spacial score (nSPS) is 32.8. The van der Waals surface area contributed by atoms with Crippen molar-refractivity contribution in [2.24, 2.45) is 17.6 Å². The van der Waals surface area contributed by atoms with Crippen molar-refractivity contribution >= 4 is 5.69 Å². The van der Waals surface area contributed by atoms with Crippen LogP contribution in [0.1, 0.15) is 38.2 Å². The third kappa shape index (κ3) is 1.88. The van der Waals surface area contributed by atoms with E-state index in [0.29, 0.717) is 0 Å². The van der Waals surface area contributed by atoms with Gasteiger partial charge >= 0.3 is 0 Å². The minimum absolute atomic E-state index is 0.226. The van der Waals surface area contributed by atoms with Gasteiger partial charge in [0.15, 0.2) is 0 Å². The molecule has 2 bridgehead atoms. The Morgan fingerprint density at radius 3 is 2.63 bits per heavy atom. The molecule has 3 unspecified atom stereocenters. The highest BCUT2D eigenvalue weighted by atomic mass is 15.2. The van der Waals surface area contributed by atoms with Gasteiger partial charge in [-0.2, -0.15) is 0 Å². The second kappa shape index (κ2) is 4.82. The minimum atomic E-state index is 0.226. The summed E-state index contributed by atoms with van der Waals surface area (Å²) in [5.41, 5.74) is 9.27. The molecule has 0 heterocycles. The Labute approximate surface area is 117 Å². The van der Waals surface area contributed by atoms with Crippen LogP contribution in [0.2, 0.25) is 0 Å². The number of likely N-dealkylation sites (N-methyl/N-ethyl adjacent to an activating group) is 1. The maximum Gasteiger partial charge on any atom is 0.0554 e. The first-order chi connectivity index (χ1) is 9.21. The van der Waals surface area contributed by atoms with E-state index in [1.165, 1.54) is 36.9 Å². The number of aryl methyl sites for hydroxylation is 1. The smallest absolute Gasteiger partial charge is 0.0554 e. The number of nitrogens with zero attached hydrogens (tertiary/aromatic N) is 1. The molecule has 2 aliphatic carbocycles. The zero-order valence-electron chi connectivity index (χ0n) is 12.2. The molecule has 2 nitrogen and oxygen atoms in total. The molecule has 0 spiro atoms. The number of para-hydroxylation sites is 1. The molecule has 0 aromatic heterocycles. The summed E-state index contributed by atoms with van der Waals surface area (Å²) in [6.45, 7) is 6.35. The zero-order chi connectivity index (χ0) is 13.5. The average Bonchev–Trinajstić information content (AvgIpc) is 3.03. The predicted molar refractivity (Wildman–Crippen MR) is 81.4 cm³/mol. The number of rotatable bonds is 4. The first kappa shape index (κ1) is 13.0. The lowest BCUT2D eigenvalue weighted by atomic mass is 9.79. The summed E-state index contributed by atoms with van der Waals surface area (Å²) in [4.78, 5) is 2.62. The summed E-state index contributed by atoms with van der Waals surface area (Å²) in [6.07, 6.45) is 5.51. The molecule has 0 saturated heterocycles. The van der Waals surface area contributed by atoms with Gasteiger partial charge in [-0.05, 0) is 63.0 Å². The van der Waals surface area contributed by atoms with Crippen molar-refractivity contribution < 1.29 is 0 Å². The van der Waals surface area contributed by atoms with Gasteiger partial charge in [0.2, 0.25) is 0 Å². The Balaban J connectivity index is 1.99. The first-order valence-electron chi connectivity index (χ1n) is 7.74. The molecular formula is C17H26N2. The molecule has 19 heavy (non-hydrogen) atoms. The molecule has 3 rings (SSSR count). The van der Waals surface area contributed by atoms with E-state index < -0.39 is 0 Å². The second-order valence-electron chi connectivity index (χ2n) is 6.42. The number of benzene rings is 1. The van der Waals surface area contributed by atoms with Crippen LogP contribution in [0.25, 0.3) is 0 Å². The highest BCUT2D eigenvalue weighted by molar-refractivity contribution is 5.56. The zero-order valence-corrected chi connectivity index (χ0v) is 12.2. The molecule has 2 N–H and O–H groups in total. The van der Waals surface area contributed by atoms with E-state index in [4.69, 9.17) is 5.73 Å². The van der Waals surface area contributed by atoms with Crippen molar-refractivity contribution in [3.63, 3.8) is 0 Å². The third-order valence-electron chi connectivity index (χ3n) is 5.56. The standard InChI is InChI=1S/C17H26N2/c1-3-19(16-7-5-4-6-13(16)2)17(12-18)11-14-8-9-15(17)10-14/h4-7,14-15H,3,8-12,18H2,1-2H3. The highest BCUT2D eigenvalue weighted by Crippen LogP contribution is 2.54. The van der Waals surface area contributed by atoms with Crippen molar-refractivity contribution in [2.45, 2.75) is 45.1 Å². The SMILES string of the molecule is CCN(c1ccccc1C)C1(CN)CC2CCC1C2. The monoisotopic (exact) mass is 258 g/mol. The molecule has 2 aliphatic rings. The van der Waals surface area contributed by atoms with Crippen LogP contribution in [0, 0.1) is 18.8 Å². The van der Waals surface area contributed by atoms with Gasteiger partial charge in [0.1, 0.15) is 0 Å². The molecule has 0 amide bonds. The van der Waals surface area contributed by atoms with Crippen molar-refractivity contribution in [2.75, 3.05) is 18.0 Å². The Morgan fingerprint density at radius 2 is 2.11 bits per heavy atom. The van der Waals surface area contributed by atoms with Crippen molar-refractivity contribution in [1.82, 2.24) is 0 Å². The van der Waals surface area contributed by atoms with E-state index in [2.05, 4.69) is 43.0 Å². The molecule has 0 radical (unpaired) electrons. The fourth-order valence-corrected chi connectivity index (χ4v) is 4.70. The summed E-state index contributed by atoms with van der Waals surface area (Å²) in [6, 6.07) is 8.77. The first-order valence-corrected chi connectivity index (χ1v) is 7.74. The average molecular weight is 258 g/mol. The van der Waals surface area contributed by atoms with Crippen LogP contribution in [0.15, 0.2) is 24.3 Å². The third-order valence-corrected chi connectivity index (χ3v) is 5.56. The van der Waals surface area contributed by atoms with Gasteiger partial charge in [0, 0.05) is 18.8 Å². The highest BCUT2D eigenvalue weighted by Gasteiger charge is 2.53. The van der Waals surface area contributed by atoms with Crippen LogP contribution in [-0.2, 0) is 0 Å². The molecule has 2 fully saturated rings. The van der Waals surface area contributed by atoms with Gasteiger partial charge < -0.3 is 10.6 Å². The Bertz CT molecular complexity index is 456. The molecule has 104 valence electrons. The predicted octanol–water partition coefficient (Wildman–Crippen LogP) is 3.34. The topological polar surface area (TPSA) is 29.3 Å². The molecular weight excluding hydrogens is 232 g/mol. The Morgan fingerprint density at radius 1 is 1.32 bits per heavy atom. The summed E-state index contributed by atoms with van der Waals surface area (Å²) in [5, 5.41) is 0. The van der Waals surface area contributed by atoms with Crippen molar-refractivity contribution in [3.05, 3.63) is 29.8 Å². The number of hydrogen-bond donors (Lipinski definition) is 1. The Kier molecular flexibility index (Phi) is 3.30. The number of anilines is 1. The summed E-state index contributed by atoms with van der Waals surface area (Å²) in [7, 11) is 0. The van der Waals surface area contributed by atoms with Crippen LogP contribution in [0.4, 0.5) is 5.69 Å². The van der Waals surface area contributed by atoms with Gasteiger partial charge in [-0.25, -0.2) is 0 Å². The van der Waals surface area contributed by atoms with Gasteiger partial charge in [0.05, 0.1) is 5.54 Å². The lowest BCUT2D eigenvalue weighted by Crippen LogP contribution is -2.57. The van der Waals surface area contributed by atoms with Crippen LogP contribution < -0.4 is 10.6 Å². The molecule has 2 saturated carbocycles. The van der Waals surface area contributed by atoms with Gasteiger partial charge in [-0.15, -0.1) is 0 Å². The van der Waals surface area contributed by atoms with Gasteiger partial charge in [-0.3, -0.25) is 0 Å². The quantitative estimate of drug-likeness (QED) is 0.897. The van der Waals surface area contributed by atoms with Crippen LogP contribution in [0.5, 0.6) is 0 Å². The van der Waals surface area contributed by atoms with E-state index in [1.54, 1.807) is 0 Å².